The normalized spacial score (nSPS) is 33.4. The van der Waals surface area contributed by atoms with E-state index in [9.17, 15) is 40.5 Å². The number of hydrogen-bond donors (Lipinski definition) is 7. The predicted molar refractivity (Wildman–Crippen MR) is 142 cm³/mol. The Morgan fingerprint density at radius 2 is 1.50 bits per heavy atom. The third-order valence-electron chi connectivity index (χ3n) is 7.31. The van der Waals surface area contributed by atoms with E-state index in [0.29, 0.717) is 5.56 Å². The lowest BCUT2D eigenvalue weighted by atomic mass is 9.98. The van der Waals surface area contributed by atoms with E-state index in [1.165, 1.54) is 26.2 Å². The predicted octanol–water partition coefficient (Wildman–Crippen LogP) is -0.795. The number of aromatic hydroxyl groups is 1. The maximum atomic E-state index is 13.7. The molecule has 2 aliphatic rings. The second-order valence-electron chi connectivity index (χ2n) is 10.1. The number of aliphatic hydroxyl groups is 6. The molecule has 2 saturated heterocycles. The molecular weight excluding hydrogens is 560 g/mol. The standard InChI is InChI=1S/C28H32O14/c1-11-18(30)21(33)23(35)27(39-11)38-10-16-19(31)22(34)24(36)28(41-16)42-26-20(32)17-14(29)8-13(37-2)9-15(17)40-25(26)12-6-4-3-5-7-12/h3-9,11,16,18-19,21-24,27-31,33-36H,10H2,1-2H3/t11-,16-,18+,19+,21+,22+,23+,24-,27-,28+/m1/s1. The molecule has 2 aliphatic heterocycles. The molecule has 2 aromatic carbocycles. The minimum atomic E-state index is -1.85. The molecule has 0 radical (unpaired) electrons. The first kappa shape index (κ1) is 30.2. The van der Waals surface area contributed by atoms with Crippen LogP contribution in [0, 0.1) is 0 Å². The number of ether oxygens (including phenoxy) is 5. The summed E-state index contributed by atoms with van der Waals surface area (Å²) in [5.41, 5.74) is -0.430. The van der Waals surface area contributed by atoms with Crippen LogP contribution in [0.5, 0.6) is 17.2 Å². The van der Waals surface area contributed by atoms with Crippen LogP contribution < -0.4 is 14.9 Å². The summed E-state index contributed by atoms with van der Waals surface area (Å²) in [7, 11) is 1.38. The van der Waals surface area contributed by atoms with Crippen molar-refractivity contribution in [1.29, 1.82) is 0 Å². The van der Waals surface area contributed by atoms with Gasteiger partial charge in [-0.2, -0.15) is 0 Å². The lowest BCUT2D eigenvalue weighted by Gasteiger charge is -2.42. The quantitative estimate of drug-likeness (QED) is 0.179. The van der Waals surface area contributed by atoms with Crippen LogP contribution in [0.4, 0.5) is 0 Å². The topological polar surface area (TPSA) is 218 Å². The molecule has 2 fully saturated rings. The first-order valence-corrected chi connectivity index (χ1v) is 13.1. The van der Waals surface area contributed by atoms with Crippen molar-refractivity contribution >= 4 is 11.0 Å². The summed E-state index contributed by atoms with van der Waals surface area (Å²) in [6, 6.07) is 11.0. The molecule has 5 rings (SSSR count). The summed E-state index contributed by atoms with van der Waals surface area (Å²) in [6.07, 6.45) is -15.4. The number of fused-ring (bicyclic) bond motifs is 1. The Morgan fingerprint density at radius 1 is 0.833 bits per heavy atom. The molecule has 0 bridgehead atoms. The van der Waals surface area contributed by atoms with Crippen molar-refractivity contribution in [3.8, 4) is 28.6 Å². The average molecular weight is 593 g/mol. The Labute approximate surface area is 238 Å². The van der Waals surface area contributed by atoms with Crippen LogP contribution in [0.2, 0.25) is 0 Å². The maximum Gasteiger partial charge on any atom is 0.239 e. The first-order chi connectivity index (χ1) is 20.0. The summed E-state index contributed by atoms with van der Waals surface area (Å²) >= 11 is 0. The molecule has 14 heteroatoms. The molecule has 0 saturated carbocycles. The van der Waals surface area contributed by atoms with Crippen molar-refractivity contribution in [1.82, 2.24) is 0 Å². The molecule has 3 aromatic rings. The van der Waals surface area contributed by atoms with Gasteiger partial charge in [-0.3, -0.25) is 4.79 Å². The number of benzene rings is 2. The monoisotopic (exact) mass is 592 g/mol. The highest BCUT2D eigenvalue weighted by Crippen LogP contribution is 2.37. The van der Waals surface area contributed by atoms with Crippen molar-refractivity contribution in [3.05, 3.63) is 52.7 Å². The molecular formula is C28H32O14. The molecule has 228 valence electrons. The largest absolute Gasteiger partial charge is 0.507 e. The van der Waals surface area contributed by atoms with Crippen LogP contribution in [-0.2, 0) is 14.2 Å². The summed E-state index contributed by atoms with van der Waals surface area (Å²) < 4.78 is 33.5. The zero-order chi connectivity index (χ0) is 30.3. The van der Waals surface area contributed by atoms with E-state index in [2.05, 4.69) is 0 Å². The summed E-state index contributed by atoms with van der Waals surface area (Å²) in [5, 5.41) is 72.3. The van der Waals surface area contributed by atoms with Gasteiger partial charge in [0.2, 0.25) is 17.5 Å². The fourth-order valence-corrected chi connectivity index (χ4v) is 4.87. The molecule has 0 spiro atoms. The first-order valence-electron chi connectivity index (χ1n) is 13.1. The van der Waals surface area contributed by atoms with Gasteiger partial charge < -0.3 is 63.8 Å². The minimum Gasteiger partial charge on any atom is -0.507 e. The van der Waals surface area contributed by atoms with Gasteiger partial charge in [0, 0.05) is 17.7 Å². The van der Waals surface area contributed by atoms with Crippen LogP contribution >= 0.6 is 0 Å². The highest BCUT2D eigenvalue weighted by atomic mass is 16.7. The number of phenolic OH excluding ortho intramolecular Hbond substituents is 1. The van der Waals surface area contributed by atoms with Gasteiger partial charge in [0.15, 0.2) is 12.1 Å². The van der Waals surface area contributed by atoms with Crippen molar-refractivity contribution in [2.24, 2.45) is 0 Å². The van der Waals surface area contributed by atoms with Crippen LogP contribution in [0.1, 0.15) is 6.92 Å². The summed E-state index contributed by atoms with van der Waals surface area (Å²) in [4.78, 5) is 13.7. The van der Waals surface area contributed by atoms with Crippen molar-refractivity contribution < 1.29 is 63.8 Å². The highest BCUT2D eigenvalue weighted by molar-refractivity contribution is 5.88. The van der Waals surface area contributed by atoms with Crippen molar-refractivity contribution in [2.75, 3.05) is 13.7 Å². The maximum absolute atomic E-state index is 13.7. The Balaban J connectivity index is 1.46. The van der Waals surface area contributed by atoms with Gasteiger partial charge in [0.05, 0.1) is 19.8 Å². The molecule has 0 unspecified atom stereocenters. The molecule has 14 nitrogen and oxygen atoms in total. The van der Waals surface area contributed by atoms with Crippen LogP contribution in [0.15, 0.2) is 51.7 Å². The summed E-state index contributed by atoms with van der Waals surface area (Å²) in [5.74, 6) is -0.768. The molecule has 0 amide bonds. The SMILES string of the molecule is COc1cc(O)c2c(=O)c(O[C@@H]3O[C@H](CO[C@@H]4O[C@H](C)[C@H](O)[C@H](O)[C@@H]4O)[C@H](O)[C@H](O)[C@H]3O)c(-c3ccccc3)oc2c1. The van der Waals surface area contributed by atoms with Crippen LogP contribution in [-0.4, -0.2) is 111 Å². The van der Waals surface area contributed by atoms with Gasteiger partial charge in [-0.05, 0) is 6.92 Å². The van der Waals surface area contributed by atoms with Gasteiger partial charge in [-0.1, -0.05) is 30.3 Å². The molecule has 0 aliphatic carbocycles. The number of aliphatic hydroxyl groups excluding tert-OH is 6. The zero-order valence-corrected chi connectivity index (χ0v) is 22.5. The van der Waals surface area contributed by atoms with Gasteiger partial charge in [-0.15, -0.1) is 0 Å². The van der Waals surface area contributed by atoms with E-state index in [1.54, 1.807) is 30.3 Å². The Bertz CT molecular complexity index is 1440. The highest BCUT2D eigenvalue weighted by Gasteiger charge is 2.47. The van der Waals surface area contributed by atoms with Crippen molar-refractivity contribution in [3.63, 3.8) is 0 Å². The van der Waals surface area contributed by atoms with E-state index in [4.69, 9.17) is 28.1 Å². The molecule has 42 heavy (non-hydrogen) atoms. The average Bonchev–Trinajstić information content (AvgIpc) is 2.99. The van der Waals surface area contributed by atoms with Crippen LogP contribution in [0.25, 0.3) is 22.3 Å². The Hall–Kier alpha value is -3.31. The lowest BCUT2D eigenvalue weighted by Crippen LogP contribution is -2.61. The van der Waals surface area contributed by atoms with Gasteiger partial charge in [0.1, 0.15) is 65.2 Å². The van der Waals surface area contributed by atoms with E-state index in [0.717, 1.165) is 0 Å². The van der Waals surface area contributed by atoms with Crippen LogP contribution in [0.3, 0.4) is 0 Å². The van der Waals surface area contributed by atoms with E-state index in [1.807, 2.05) is 0 Å². The third kappa shape index (κ3) is 5.56. The lowest BCUT2D eigenvalue weighted by molar-refractivity contribution is -0.318. The number of phenols is 1. The third-order valence-corrected chi connectivity index (χ3v) is 7.31. The van der Waals surface area contributed by atoms with Gasteiger partial charge >= 0.3 is 0 Å². The number of hydrogen-bond acceptors (Lipinski definition) is 14. The van der Waals surface area contributed by atoms with Gasteiger partial charge in [0.25, 0.3) is 0 Å². The summed E-state index contributed by atoms with van der Waals surface area (Å²) in [6.45, 7) is 0.930. The molecule has 3 heterocycles. The minimum absolute atomic E-state index is 0.0116. The zero-order valence-electron chi connectivity index (χ0n) is 22.5. The second-order valence-corrected chi connectivity index (χ2v) is 10.1. The fraction of sp³-hybridized carbons (Fsp3) is 0.464. The van der Waals surface area contributed by atoms with Crippen molar-refractivity contribution in [2.45, 2.75) is 68.3 Å². The van der Waals surface area contributed by atoms with E-state index < -0.39 is 84.9 Å². The number of methoxy groups -OCH3 is 1. The number of rotatable bonds is 7. The molecule has 7 N–H and O–H groups in total. The van der Waals surface area contributed by atoms with E-state index in [-0.39, 0.29) is 22.5 Å². The molecule has 1 aromatic heterocycles. The van der Waals surface area contributed by atoms with Gasteiger partial charge in [-0.25, -0.2) is 0 Å². The van der Waals surface area contributed by atoms with E-state index >= 15 is 0 Å². The fourth-order valence-electron chi connectivity index (χ4n) is 4.87. The Kier molecular flexibility index (Phi) is 8.71. The molecule has 10 atom stereocenters. The second kappa shape index (κ2) is 12.1. The Morgan fingerprint density at radius 3 is 2.19 bits per heavy atom. The smallest absolute Gasteiger partial charge is 0.239 e.